The van der Waals surface area contributed by atoms with Crippen LogP contribution in [-0.2, 0) is 6.42 Å². The van der Waals surface area contributed by atoms with Gasteiger partial charge in [-0.2, -0.15) is 0 Å². The van der Waals surface area contributed by atoms with Crippen LogP contribution in [0, 0.1) is 5.92 Å². The maximum Gasteiger partial charge on any atom is 0.407 e. The summed E-state index contributed by atoms with van der Waals surface area (Å²) in [6.07, 6.45) is 6.86. The van der Waals surface area contributed by atoms with Gasteiger partial charge in [-0.3, -0.25) is 0 Å². The van der Waals surface area contributed by atoms with Gasteiger partial charge < -0.3 is 15.0 Å². The second-order valence-corrected chi connectivity index (χ2v) is 5.96. The molecule has 1 aliphatic rings. The average molecular weight is 286 g/mol. The number of nitrogens with one attached hydrogen (secondary N) is 1. The highest BCUT2D eigenvalue weighted by Crippen LogP contribution is 2.25. The Morgan fingerprint density at radius 1 is 1.29 bits per heavy atom. The zero-order chi connectivity index (χ0) is 14.7. The van der Waals surface area contributed by atoms with Crippen LogP contribution in [0.15, 0.2) is 30.5 Å². The maximum absolute atomic E-state index is 10.9. The minimum atomic E-state index is -0.771. The van der Waals surface area contributed by atoms with Crippen LogP contribution in [0.1, 0.15) is 31.2 Å². The van der Waals surface area contributed by atoms with Crippen LogP contribution >= 0.6 is 0 Å². The molecule has 1 fully saturated rings. The van der Waals surface area contributed by atoms with E-state index in [1.54, 1.807) is 0 Å². The number of carbonyl (C=O) groups is 1. The maximum atomic E-state index is 10.9. The number of rotatable bonds is 4. The molecule has 0 saturated carbocycles. The number of hydrogen-bond acceptors (Lipinski definition) is 1. The molecule has 0 unspecified atom stereocenters. The molecule has 1 aromatic carbocycles. The molecule has 0 spiro atoms. The lowest BCUT2D eigenvalue weighted by Gasteiger charge is -2.29. The number of aryl methyl sites for hydroxylation is 1. The summed E-state index contributed by atoms with van der Waals surface area (Å²) in [4.78, 5) is 15.7. The molecule has 3 rings (SSSR count). The molecular weight excluding hydrogens is 264 g/mol. The van der Waals surface area contributed by atoms with E-state index in [2.05, 4.69) is 35.4 Å². The van der Waals surface area contributed by atoms with E-state index in [9.17, 15) is 4.79 Å². The second-order valence-electron chi connectivity index (χ2n) is 5.96. The van der Waals surface area contributed by atoms with Crippen molar-refractivity contribution in [1.29, 1.82) is 0 Å². The lowest BCUT2D eigenvalue weighted by molar-refractivity contribution is 0.123. The molecule has 2 N–H and O–H groups in total. The summed E-state index contributed by atoms with van der Waals surface area (Å²) in [6.45, 7) is 1.40. The van der Waals surface area contributed by atoms with Gasteiger partial charge in [-0.25, -0.2) is 4.79 Å². The smallest absolute Gasteiger partial charge is 0.407 e. The molecule has 21 heavy (non-hydrogen) atoms. The lowest BCUT2D eigenvalue weighted by Crippen LogP contribution is -2.37. The number of fused-ring (bicyclic) bond motifs is 1. The zero-order valence-electron chi connectivity index (χ0n) is 12.2. The number of H-pyrrole nitrogens is 1. The lowest BCUT2D eigenvalue weighted by atomic mass is 9.91. The molecular formula is C17H22N2O2. The minimum absolute atomic E-state index is 0.686. The van der Waals surface area contributed by atoms with Gasteiger partial charge in [0, 0.05) is 30.2 Å². The monoisotopic (exact) mass is 286 g/mol. The van der Waals surface area contributed by atoms with Crippen LogP contribution in [0.4, 0.5) is 4.79 Å². The summed E-state index contributed by atoms with van der Waals surface area (Å²) in [6, 6.07) is 8.42. The summed E-state index contributed by atoms with van der Waals surface area (Å²) in [5.41, 5.74) is 2.61. The van der Waals surface area contributed by atoms with Gasteiger partial charge >= 0.3 is 6.09 Å². The number of aromatic amines is 1. The van der Waals surface area contributed by atoms with E-state index in [0.717, 1.165) is 19.3 Å². The minimum Gasteiger partial charge on any atom is -0.465 e. The number of para-hydroxylation sites is 1. The number of aromatic nitrogens is 1. The SMILES string of the molecule is O=C(O)N1CCC(CCCc2c[nH]c3ccccc23)CC1. The van der Waals surface area contributed by atoms with Crippen LogP contribution in [0.3, 0.4) is 0 Å². The Balaban J connectivity index is 1.48. The first-order valence-electron chi connectivity index (χ1n) is 7.77. The standard InChI is InChI=1S/C17H22N2O2/c20-17(21)19-10-8-13(9-11-19)4-3-5-14-12-18-16-7-2-1-6-15(14)16/h1-2,6-7,12-13,18H,3-5,8-11H2,(H,20,21). The largest absolute Gasteiger partial charge is 0.465 e. The van der Waals surface area contributed by atoms with Crippen LogP contribution in [-0.4, -0.2) is 34.2 Å². The van der Waals surface area contributed by atoms with E-state index in [4.69, 9.17) is 5.11 Å². The quantitative estimate of drug-likeness (QED) is 0.896. The number of nitrogens with zero attached hydrogens (tertiary/aromatic N) is 1. The normalized spacial score (nSPS) is 16.5. The van der Waals surface area contributed by atoms with E-state index in [-0.39, 0.29) is 0 Å². The Morgan fingerprint density at radius 2 is 2.05 bits per heavy atom. The Kier molecular flexibility index (Phi) is 4.13. The van der Waals surface area contributed by atoms with Gasteiger partial charge in [-0.1, -0.05) is 18.2 Å². The number of amides is 1. The summed E-state index contributed by atoms with van der Waals surface area (Å²) < 4.78 is 0. The number of carboxylic acid groups (broad SMARTS) is 1. The van der Waals surface area contributed by atoms with Crippen LogP contribution in [0.5, 0.6) is 0 Å². The van der Waals surface area contributed by atoms with Crippen molar-refractivity contribution in [3.63, 3.8) is 0 Å². The predicted molar refractivity (Wildman–Crippen MR) is 83.6 cm³/mol. The second kappa shape index (κ2) is 6.20. The number of benzene rings is 1. The molecule has 4 nitrogen and oxygen atoms in total. The van der Waals surface area contributed by atoms with Crippen molar-refractivity contribution < 1.29 is 9.90 Å². The highest BCUT2D eigenvalue weighted by molar-refractivity contribution is 5.82. The number of piperidine rings is 1. The fourth-order valence-corrected chi connectivity index (χ4v) is 3.33. The fourth-order valence-electron chi connectivity index (χ4n) is 3.33. The Hall–Kier alpha value is -1.97. The van der Waals surface area contributed by atoms with Crippen LogP contribution in [0.2, 0.25) is 0 Å². The van der Waals surface area contributed by atoms with Crippen molar-refractivity contribution in [2.24, 2.45) is 5.92 Å². The fraction of sp³-hybridized carbons (Fsp3) is 0.471. The average Bonchev–Trinajstić information content (AvgIpc) is 2.91. The molecule has 2 heterocycles. The van der Waals surface area contributed by atoms with E-state index >= 15 is 0 Å². The molecule has 1 amide bonds. The Bertz CT molecular complexity index is 612. The molecule has 0 bridgehead atoms. The first-order valence-corrected chi connectivity index (χ1v) is 7.77. The van der Waals surface area contributed by atoms with Gasteiger partial charge in [-0.15, -0.1) is 0 Å². The first kappa shape index (κ1) is 14.0. The third-order valence-electron chi connectivity index (χ3n) is 4.62. The summed E-state index contributed by atoms with van der Waals surface area (Å²) in [5.74, 6) is 0.686. The van der Waals surface area contributed by atoms with Gasteiger partial charge in [0.25, 0.3) is 0 Å². The summed E-state index contributed by atoms with van der Waals surface area (Å²) >= 11 is 0. The van der Waals surface area contributed by atoms with E-state index < -0.39 is 6.09 Å². The van der Waals surface area contributed by atoms with Crippen molar-refractivity contribution in [1.82, 2.24) is 9.88 Å². The van der Waals surface area contributed by atoms with Crippen molar-refractivity contribution in [3.05, 3.63) is 36.0 Å². The molecule has 2 aromatic rings. The molecule has 0 aliphatic carbocycles. The van der Waals surface area contributed by atoms with Crippen LogP contribution in [0.25, 0.3) is 10.9 Å². The third-order valence-corrected chi connectivity index (χ3v) is 4.62. The molecule has 1 aliphatic heterocycles. The molecule has 0 radical (unpaired) electrons. The van der Waals surface area contributed by atoms with E-state index in [1.807, 2.05) is 0 Å². The van der Waals surface area contributed by atoms with E-state index in [0.29, 0.717) is 19.0 Å². The van der Waals surface area contributed by atoms with Crippen molar-refractivity contribution in [3.8, 4) is 0 Å². The molecule has 4 heteroatoms. The van der Waals surface area contributed by atoms with Crippen molar-refractivity contribution >= 4 is 17.0 Å². The first-order chi connectivity index (χ1) is 10.2. The topological polar surface area (TPSA) is 56.3 Å². The third kappa shape index (κ3) is 3.20. The zero-order valence-corrected chi connectivity index (χ0v) is 12.2. The Morgan fingerprint density at radius 3 is 2.81 bits per heavy atom. The molecule has 0 atom stereocenters. The van der Waals surface area contributed by atoms with E-state index in [1.165, 1.54) is 34.2 Å². The molecule has 112 valence electrons. The number of hydrogen-bond donors (Lipinski definition) is 2. The molecule has 1 aromatic heterocycles. The van der Waals surface area contributed by atoms with Gasteiger partial charge in [0.05, 0.1) is 0 Å². The Labute approximate surface area is 124 Å². The van der Waals surface area contributed by atoms with Gasteiger partial charge in [0.2, 0.25) is 0 Å². The number of likely N-dealkylation sites (tertiary alicyclic amines) is 1. The highest BCUT2D eigenvalue weighted by Gasteiger charge is 2.21. The van der Waals surface area contributed by atoms with Crippen molar-refractivity contribution in [2.45, 2.75) is 32.1 Å². The van der Waals surface area contributed by atoms with Gasteiger partial charge in [0.1, 0.15) is 0 Å². The summed E-state index contributed by atoms with van der Waals surface area (Å²) in [7, 11) is 0. The van der Waals surface area contributed by atoms with Crippen LogP contribution < -0.4 is 0 Å². The predicted octanol–water partition coefficient (Wildman–Crippen LogP) is 3.88. The van der Waals surface area contributed by atoms with Gasteiger partial charge in [0.15, 0.2) is 0 Å². The molecule has 1 saturated heterocycles. The summed E-state index contributed by atoms with van der Waals surface area (Å²) in [5, 5.41) is 10.3. The van der Waals surface area contributed by atoms with Gasteiger partial charge in [-0.05, 0) is 49.7 Å². The van der Waals surface area contributed by atoms with Crippen molar-refractivity contribution in [2.75, 3.05) is 13.1 Å². The highest BCUT2D eigenvalue weighted by atomic mass is 16.4.